The lowest BCUT2D eigenvalue weighted by Gasteiger charge is -2.09. The average molecular weight is 393 g/mol. The average Bonchev–Trinajstić information content (AvgIpc) is 2.99. The van der Waals surface area contributed by atoms with Crippen LogP contribution in [0.4, 0.5) is 32.0 Å². The molecular formula is C16H9F6NO2S. The van der Waals surface area contributed by atoms with Crippen molar-refractivity contribution in [2.45, 2.75) is 12.4 Å². The molecule has 0 spiro atoms. The van der Waals surface area contributed by atoms with Gasteiger partial charge in [0, 0.05) is 10.6 Å². The van der Waals surface area contributed by atoms with Crippen molar-refractivity contribution in [2.24, 2.45) is 0 Å². The molecule has 0 radical (unpaired) electrons. The minimum Gasteiger partial charge on any atom is -0.322 e. The van der Waals surface area contributed by atoms with E-state index in [0.717, 1.165) is 35.6 Å². The van der Waals surface area contributed by atoms with Crippen LogP contribution in [0.25, 0.3) is 6.08 Å². The zero-order chi connectivity index (χ0) is 19.5. The second-order valence-corrected chi connectivity index (χ2v) is 5.87. The molecule has 3 nitrogen and oxygen atoms in total. The molecular weight excluding hydrogens is 384 g/mol. The van der Waals surface area contributed by atoms with Crippen LogP contribution in [0.15, 0.2) is 41.8 Å². The number of rotatable bonds is 4. The van der Waals surface area contributed by atoms with Gasteiger partial charge in [-0.2, -0.15) is 26.3 Å². The number of hydrogen-bond donors (Lipinski definition) is 1. The number of ketones is 1. The highest BCUT2D eigenvalue weighted by Crippen LogP contribution is 2.31. The highest BCUT2D eigenvalue weighted by Gasteiger charge is 2.36. The summed E-state index contributed by atoms with van der Waals surface area (Å²) in [6.45, 7) is 0. The van der Waals surface area contributed by atoms with Crippen molar-refractivity contribution in [3.05, 3.63) is 57.8 Å². The van der Waals surface area contributed by atoms with Gasteiger partial charge >= 0.3 is 12.4 Å². The van der Waals surface area contributed by atoms with E-state index in [1.807, 2.05) is 0 Å². The van der Waals surface area contributed by atoms with Crippen molar-refractivity contribution >= 4 is 34.8 Å². The van der Waals surface area contributed by atoms with Crippen LogP contribution in [-0.4, -0.2) is 17.9 Å². The molecule has 1 N–H and O–H groups in total. The Hall–Kier alpha value is -2.62. The third-order valence-electron chi connectivity index (χ3n) is 3.05. The molecule has 0 aliphatic rings. The summed E-state index contributed by atoms with van der Waals surface area (Å²) in [4.78, 5) is 23.1. The standard InChI is InChI=1S/C16H9F6NO2S/c17-15(18,19)9-2-1-3-10(8-9)23-14(25)11-6-7-26-12(11)4-5-13(24)16(20,21)22/h1-8H,(H,23,25)/b5-4+. The summed E-state index contributed by atoms with van der Waals surface area (Å²) in [5.41, 5.74) is -1.16. The molecule has 0 saturated carbocycles. The molecule has 0 unspecified atom stereocenters. The van der Waals surface area contributed by atoms with E-state index in [-0.39, 0.29) is 22.2 Å². The van der Waals surface area contributed by atoms with Gasteiger partial charge in [-0.05, 0) is 41.8 Å². The first kappa shape index (κ1) is 19.7. The molecule has 2 aromatic rings. The van der Waals surface area contributed by atoms with Crippen LogP contribution in [-0.2, 0) is 11.0 Å². The van der Waals surface area contributed by atoms with Crippen molar-refractivity contribution in [1.82, 2.24) is 0 Å². The molecule has 10 heteroatoms. The molecule has 0 aliphatic carbocycles. The fourth-order valence-electron chi connectivity index (χ4n) is 1.86. The van der Waals surface area contributed by atoms with Gasteiger partial charge in [-0.25, -0.2) is 0 Å². The maximum Gasteiger partial charge on any atom is 0.454 e. The number of allylic oxidation sites excluding steroid dienone is 1. The SMILES string of the molecule is O=C(Nc1cccc(C(F)(F)F)c1)c1ccsc1/C=C/C(=O)C(F)(F)F. The molecule has 138 valence electrons. The van der Waals surface area contributed by atoms with E-state index in [1.165, 1.54) is 17.5 Å². The smallest absolute Gasteiger partial charge is 0.322 e. The zero-order valence-electron chi connectivity index (χ0n) is 12.6. The van der Waals surface area contributed by atoms with Crippen LogP contribution in [0.3, 0.4) is 0 Å². The van der Waals surface area contributed by atoms with Crippen molar-refractivity contribution in [1.29, 1.82) is 0 Å². The number of hydrogen-bond acceptors (Lipinski definition) is 3. The quantitative estimate of drug-likeness (QED) is 0.576. The van der Waals surface area contributed by atoms with Gasteiger partial charge in [-0.15, -0.1) is 11.3 Å². The first-order chi connectivity index (χ1) is 12.0. The van der Waals surface area contributed by atoms with E-state index in [2.05, 4.69) is 5.32 Å². The Morgan fingerprint density at radius 3 is 2.35 bits per heavy atom. The topological polar surface area (TPSA) is 46.2 Å². The van der Waals surface area contributed by atoms with Crippen molar-refractivity contribution < 1.29 is 35.9 Å². The number of amides is 1. The predicted octanol–water partition coefficient (Wildman–Crippen LogP) is 5.16. The maximum atomic E-state index is 12.7. The van der Waals surface area contributed by atoms with E-state index in [9.17, 15) is 35.9 Å². The highest BCUT2D eigenvalue weighted by molar-refractivity contribution is 7.11. The molecule has 0 fully saturated rings. The Morgan fingerprint density at radius 1 is 1.04 bits per heavy atom. The lowest BCUT2D eigenvalue weighted by atomic mass is 10.1. The largest absolute Gasteiger partial charge is 0.454 e. The number of anilines is 1. The van der Waals surface area contributed by atoms with E-state index in [4.69, 9.17) is 0 Å². The minimum absolute atomic E-state index is 0.0621. The third kappa shape index (κ3) is 4.94. The Labute approximate surface area is 146 Å². The van der Waals surface area contributed by atoms with Gasteiger partial charge in [0.1, 0.15) is 0 Å². The van der Waals surface area contributed by atoms with Gasteiger partial charge < -0.3 is 5.32 Å². The number of benzene rings is 1. The summed E-state index contributed by atoms with van der Waals surface area (Å²) in [5.74, 6) is -2.90. The second-order valence-electron chi connectivity index (χ2n) is 4.93. The number of nitrogens with one attached hydrogen (secondary N) is 1. The molecule has 1 aromatic carbocycles. The summed E-state index contributed by atoms with van der Waals surface area (Å²) in [7, 11) is 0. The van der Waals surface area contributed by atoms with Gasteiger partial charge in [-0.3, -0.25) is 9.59 Å². The molecule has 1 amide bonds. The van der Waals surface area contributed by atoms with Crippen molar-refractivity contribution in [2.75, 3.05) is 5.32 Å². The number of halogens is 6. The van der Waals surface area contributed by atoms with Crippen molar-refractivity contribution in [3.63, 3.8) is 0 Å². The number of carbonyl (C=O) groups is 2. The van der Waals surface area contributed by atoms with Crippen LogP contribution >= 0.6 is 11.3 Å². The Morgan fingerprint density at radius 2 is 1.73 bits per heavy atom. The predicted molar refractivity (Wildman–Crippen MR) is 83.8 cm³/mol. The van der Waals surface area contributed by atoms with Gasteiger partial charge in [-0.1, -0.05) is 6.07 Å². The van der Waals surface area contributed by atoms with E-state index >= 15 is 0 Å². The molecule has 2 rings (SSSR count). The molecule has 26 heavy (non-hydrogen) atoms. The summed E-state index contributed by atoms with van der Waals surface area (Å²) in [6.07, 6.45) is -8.50. The van der Waals surface area contributed by atoms with Crippen molar-refractivity contribution in [3.8, 4) is 0 Å². The lowest BCUT2D eigenvalue weighted by Crippen LogP contribution is -2.19. The third-order valence-corrected chi connectivity index (χ3v) is 3.94. The van der Waals surface area contributed by atoms with Crippen LogP contribution in [0.5, 0.6) is 0 Å². The van der Waals surface area contributed by atoms with E-state index < -0.39 is 29.6 Å². The second kappa shape index (κ2) is 7.32. The maximum absolute atomic E-state index is 12.7. The molecule has 0 atom stereocenters. The zero-order valence-corrected chi connectivity index (χ0v) is 13.4. The Kier molecular flexibility index (Phi) is 5.55. The summed E-state index contributed by atoms with van der Waals surface area (Å²) >= 11 is 0.901. The van der Waals surface area contributed by atoms with Gasteiger partial charge in [0.05, 0.1) is 11.1 Å². The van der Waals surface area contributed by atoms with Crippen LogP contribution in [0, 0.1) is 0 Å². The van der Waals surface area contributed by atoms with Crippen LogP contribution in [0.1, 0.15) is 20.8 Å². The molecule has 1 aromatic heterocycles. The minimum atomic E-state index is -5.03. The van der Waals surface area contributed by atoms with Gasteiger partial charge in [0.15, 0.2) is 0 Å². The Balaban J connectivity index is 2.19. The normalized spacial score (nSPS) is 12.4. The summed E-state index contributed by atoms with van der Waals surface area (Å²) in [6, 6.07) is 5.19. The molecule has 0 bridgehead atoms. The van der Waals surface area contributed by atoms with Gasteiger partial charge in [0.25, 0.3) is 11.7 Å². The molecule has 0 aliphatic heterocycles. The summed E-state index contributed by atoms with van der Waals surface area (Å²) < 4.78 is 74.6. The fourth-order valence-corrected chi connectivity index (χ4v) is 2.64. The van der Waals surface area contributed by atoms with Crippen LogP contribution in [0.2, 0.25) is 0 Å². The van der Waals surface area contributed by atoms with Gasteiger partial charge in [0.2, 0.25) is 0 Å². The van der Waals surface area contributed by atoms with E-state index in [1.54, 1.807) is 0 Å². The molecule has 1 heterocycles. The van der Waals surface area contributed by atoms with Crippen LogP contribution < -0.4 is 5.32 Å². The first-order valence-corrected chi connectivity index (χ1v) is 7.72. The first-order valence-electron chi connectivity index (χ1n) is 6.84. The lowest BCUT2D eigenvalue weighted by molar-refractivity contribution is -0.165. The summed E-state index contributed by atoms with van der Waals surface area (Å²) in [5, 5.41) is 3.64. The number of carbonyl (C=O) groups excluding carboxylic acids is 2. The Bertz CT molecular complexity index is 851. The molecule has 0 saturated heterocycles. The van der Waals surface area contributed by atoms with E-state index in [0.29, 0.717) is 0 Å². The number of alkyl halides is 6. The number of thiophene rings is 1. The monoisotopic (exact) mass is 393 g/mol. The fraction of sp³-hybridized carbons (Fsp3) is 0.125. The highest BCUT2D eigenvalue weighted by atomic mass is 32.1.